The summed E-state index contributed by atoms with van der Waals surface area (Å²) in [5.74, 6) is 0.315. The largest absolute Gasteiger partial charge is 0.507 e. The highest BCUT2D eigenvalue weighted by molar-refractivity contribution is 9.10. The van der Waals surface area contributed by atoms with Crippen LogP contribution in [0.5, 0.6) is 5.75 Å². The number of halogens is 1. The van der Waals surface area contributed by atoms with Gasteiger partial charge in [0.2, 0.25) is 0 Å². The lowest BCUT2D eigenvalue weighted by Gasteiger charge is -2.20. The summed E-state index contributed by atoms with van der Waals surface area (Å²) in [4.78, 5) is 0. The Morgan fingerprint density at radius 3 is 1.21 bits per heavy atom. The molecule has 3 aromatic carbocycles. The zero-order valence-corrected chi connectivity index (χ0v) is 19.2. The number of phenols is 1. The molecule has 0 bridgehead atoms. The van der Waals surface area contributed by atoms with Crippen LogP contribution in [0.1, 0.15) is 52.7 Å². The van der Waals surface area contributed by atoms with E-state index in [1.54, 1.807) is 0 Å². The van der Waals surface area contributed by atoms with E-state index in [0.717, 1.165) is 26.7 Å². The molecule has 0 aromatic heterocycles. The highest BCUT2D eigenvalue weighted by Crippen LogP contribution is 2.41. The molecular weight excluding hydrogens is 408 g/mol. The summed E-state index contributed by atoms with van der Waals surface area (Å²) in [6, 6.07) is 20.9. The molecule has 0 fully saturated rings. The minimum Gasteiger partial charge on any atom is -0.507 e. The molecule has 0 aliphatic heterocycles. The first-order chi connectivity index (χ1) is 13.0. The highest BCUT2D eigenvalue weighted by Gasteiger charge is 2.17. The second-order valence-electron chi connectivity index (χ2n) is 9.50. The van der Waals surface area contributed by atoms with Crippen LogP contribution >= 0.6 is 15.9 Å². The van der Waals surface area contributed by atoms with Crippen molar-refractivity contribution in [3.8, 4) is 28.0 Å². The van der Waals surface area contributed by atoms with E-state index in [4.69, 9.17) is 0 Å². The molecule has 0 aliphatic rings. The third-order valence-electron chi connectivity index (χ3n) is 5.20. The third kappa shape index (κ3) is 4.33. The van der Waals surface area contributed by atoms with Crippen LogP contribution in [-0.2, 0) is 10.8 Å². The SMILES string of the molecule is CC(C)(C)c1ccc(-c2cc(Br)cc(-c3ccc(C(C)(C)C)cc3)c2O)cc1. The Morgan fingerprint density at radius 2 is 0.929 bits per heavy atom. The molecule has 2 heteroatoms. The van der Waals surface area contributed by atoms with Crippen molar-refractivity contribution < 1.29 is 5.11 Å². The average molecular weight is 437 g/mol. The lowest BCUT2D eigenvalue weighted by molar-refractivity contribution is 0.479. The Morgan fingerprint density at radius 1 is 0.607 bits per heavy atom. The van der Waals surface area contributed by atoms with Crippen LogP contribution in [-0.4, -0.2) is 5.11 Å². The Bertz CT molecular complexity index is 890. The van der Waals surface area contributed by atoms with E-state index in [1.807, 2.05) is 12.1 Å². The van der Waals surface area contributed by atoms with E-state index < -0.39 is 0 Å². The maximum atomic E-state index is 11.1. The molecule has 0 radical (unpaired) electrons. The van der Waals surface area contributed by atoms with Gasteiger partial charge in [-0.2, -0.15) is 0 Å². The molecule has 0 unspecified atom stereocenters. The maximum Gasteiger partial charge on any atom is 0.131 e. The summed E-state index contributed by atoms with van der Waals surface area (Å²) >= 11 is 3.62. The van der Waals surface area contributed by atoms with Gasteiger partial charge in [-0.3, -0.25) is 0 Å². The molecule has 3 aromatic rings. The number of benzene rings is 3. The van der Waals surface area contributed by atoms with Gasteiger partial charge in [-0.25, -0.2) is 0 Å². The van der Waals surface area contributed by atoms with Gasteiger partial charge in [0.15, 0.2) is 0 Å². The van der Waals surface area contributed by atoms with Crippen molar-refractivity contribution in [2.45, 2.75) is 52.4 Å². The third-order valence-corrected chi connectivity index (χ3v) is 5.66. The van der Waals surface area contributed by atoms with Crippen molar-refractivity contribution >= 4 is 15.9 Å². The maximum absolute atomic E-state index is 11.1. The van der Waals surface area contributed by atoms with Gasteiger partial charge < -0.3 is 5.11 Å². The molecule has 1 nitrogen and oxygen atoms in total. The molecule has 0 saturated heterocycles. The van der Waals surface area contributed by atoms with Crippen molar-refractivity contribution in [2.24, 2.45) is 0 Å². The molecule has 28 heavy (non-hydrogen) atoms. The van der Waals surface area contributed by atoms with Gasteiger partial charge in [0.05, 0.1) is 0 Å². The van der Waals surface area contributed by atoms with Crippen molar-refractivity contribution in [2.75, 3.05) is 0 Å². The van der Waals surface area contributed by atoms with Crippen LogP contribution in [0.2, 0.25) is 0 Å². The van der Waals surface area contributed by atoms with Gasteiger partial charge in [-0.15, -0.1) is 0 Å². The number of hydrogen-bond acceptors (Lipinski definition) is 1. The van der Waals surface area contributed by atoms with Gasteiger partial charge in [0.1, 0.15) is 5.75 Å². The normalized spacial score (nSPS) is 12.2. The van der Waals surface area contributed by atoms with Crippen molar-refractivity contribution in [3.63, 3.8) is 0 Å². The fourth-order valence-corrected chi connectivity index (χ4v) is 3.80. The smallest absolute Gasteiger partial charge is 0.131 e. The molecule has 1 N–H and O–H groups in total. The quantitative estimate of drug-likeness (QED) is 0.430. The highest BCUT2D eigenvalue weighted by atomic mass is 79.9. The van der Waals surface area contributed by atoms with E-state index in [9.17, 15) is 5.11 Å². The first-order valence-electron chi connectivity index (χ1n) is 9.71. The summed E-state index contributed by atoms with van der Waals surface area (Å²) in [6.45, 7) is 13.2. The fourth-order valence-electron chi connectivity index (χ4n) is 3.34. The van der Waals surface area contributed by atoms with Crippen LogP contribution in [0.3, 0.4) is 0 Å². The van der Waals surface area contributed by atoms with E-state index in [-0.39, 0.29) is 10.8 Å². The molecule has 0 atom stereocenters. The van der Waals surface area contributed by atoms with Gasteiger partial charge in [0, 0.05) is 15.6 Å². The lowest BCUT2D eigenvalue weighted by Crippen LogP contribution is -2.10. The molecule has 0 saturated carbocycles. The summed E-state index contributed by atoms with van der Waals surface area (Å²) in [5, 5.41) is 11.1. The van der Waals surface area contributed by atoms with Crippen LogP contribution in [0.15, 0.2) is 65.1 Å². The second-order valence-corrected chi connectivity index (χ2v) is 10.4. The van der Waals surface area contributed by atoms with Crippen LogP contribution in [0.4, 0.5) is 0 Å². The van der Waals surface area contributed by atoms with Crippen LogP contribution < -0.4 is 0 Å². The first kappa shape index (κ1) is 20.7. The molecule has 146 valence electrons. The summed E-state index contributed by atoms with van der Waals surface area (Å²) in [6.07, 6.45) is 0. The zero-order chi connectivity index (χ0) is 20.7. The molecular formula is C26H29BrO. The number of rotatable bonds is 2. The molecule has 0 amide bonds. The van der Waals surface area contributed by atoms with Crippen molar-refractivity contribution in [3.05, 3.63) is 76.3 Å². The number of aromatic hydroxyl groups is 1. The van der Waals surface area contributed by atoms with E-state index >= 15 is 0 Å². The predicted molar refractivity (Wildman–Crippen MR) is 124 cm³/mol. The average Bonchev–Trinajstić information content (AvgIpc) is 2.62. The number of phenolic OH excluding ortho intramolecular Hbond substituents is 1. The molecule has 0 spiro atoms. The lowest BCUT2D eigenvalue weighted by atomic mass is 9.85. The molecule has 0 heterocycles. The second kappa shape index (κ2) is 7.40. The zero-order valence-electron chi connectivity index (χ0n) is 17.6. The van der Waals surface area contributed by atoms with Gasteiger partial charge in [-0.05, 0) is 45.2 Å². The van der Waals surface area contributed by atoms with Crippen molar-refractivity contribution in [1.82, 2.24) is 0 Å². The Hall–Kier alpha value is -2.06. The monoisotopic (exact) mass is 436 g/mol. The first-order valence-corrected chi connectivity index (χ1v) is 10.5. The summed E-state index contributed by atoms with van der Waals surface area (Å²) < 4.78 is 0.954. The summed E-state index contributed by atoms with van der Waals surface area (Å²) in [7, 11) is 0. The van der Waals surface area contributed by atoms with Gasteiger partial charge in [-0.1, -0.05) is 106 Å². The van der Waals surface area contributed by atoms with Crippen LogP contribution in [0, 0.1) is 0 Å². The number of hydrogen-bond donors (Lipinski definition) is 1. The minimum atomic E-state index is 0.109. The minimum absolute atomic E-state index is 0.109. The van der Waals surface area contributed by atoms with Gasteiger partial charge in [0.25, 0.3) is 0 Å². The van der Waals surface area contributed by atoms with Crippen molar-refractivity contribution in [1.29, 1.82) is 0 Å². The topological polar surface area (TPSA) is 20.2 Å². The van der Waals surface area contributed by atoms with E-state index in [2.05, 4.69) is 106 Å². The van der Waals surface area contributed by atoms with Gasteiger partial charge >= 0.3 is 0 Å². The Balaban J connectivity index is 2.05. The summed E-state index contributed by atoms with van der Waals surface area (Å²) in [5.41, 5.74) is 6.48. The Labute approximate surface area is 177 Å². The van der Waals surface area contributed by atoms with E-state index in [0.29, 0.717) is 5.75 Å². The molecule has 3 rings (SSSR count). The molecule has 0 aliphatic carbocycles. The van der Waals surface area contributed by atoms with E-state index in [1.165, 1.54) is 11.1 Å². The fraction of sp³-hybridized carbons (Fsp3) is 0.308. The van der Waals surface area contributed by atoms with Crippen LogP contribution in [0.25, 0.3) is 22.3 Å². The Kier molecular flexibility index (Phi) is 5.46. The predicted octanol–water partition coefficient (Wildman–Crippen LogP) is 8.08. The standard InChI is InChI=1S/C26H29BrO/c1-25(2,3)19-11-7-17(8-12-19)22-15-21(27)16-23(24(22)28)18-9-13-20(14-10-18)26(4,5)6/h7-16,28H,1-6H3.